The third-order valence-corrected chi connectivity index (χ3v) is 5.72. The highest BCUT2D eigenvalue weighted by Gasteiger charge is 2.24. The lowest BCUT2D eigenvalue weighted by atomic mass is 10.1. The van der Waals surface area contributed by atoms with Gasteiger partial charge in [0.1, 0.15) is 5.82 Å². The largest absolute Gasteiger partial charge is 0.384 e. The van der Waals surface area contributed by atoms with Crippen LogP contribution in [0.3, 0.4) is 0 Å². The predicted molar refractivity (Wildman–Crippen MR) is 120 cm³/mol. The first kappa shape index (κ1) is 18.0. The summed E-state index contributed by atoms with van der Waals surface area (Å²) < 4.78 is 42.9. The summed E-state index contributed by atoms with van der Waals surface area (Å²) in [4.78, 5) is 22.4. The fraction of sp³-hybridized carbons (Fsp3) is 0.0870. The molecule has 0 bridgehead atoms. The number of para-hydroxylation sites is 1. The molecule has 0 aliphatic heterocycles. The first-order chi connectivity index (χ1) is 15.6. The number of carbonyl (C=O) groups is 1. The number of nitrogens with two attached hydrogens (primary N) is 1. The molecule has 0 atom stereocenters. The summed E-state index contributed by atoms with van der Waals surface area (Å²) in [6.07, 6.45) is 3.80. The van der Waals surface area contributed by atoms with Gasteiger partial charge in [-0.2, -0.15) is 0 Å². The maximum atomic E-state index is 13.6. The van der Waals surface area contributed by atoms with Crippen LogP contribution in [0.5, 0.6) is 0 Å². The summed E-state index contributed by atoms with van der Waals surface area (Å²) in [6.45, 7) is -2.45. The molecule has 0 fully saturated rings. The normalized spacial score (nSPS) is 12.8. The number of fused-ring (bicyclic) bond motifs is 1. The summed E-state index contributed by atoms with van der Waals surface area (Å²) in [5.41, 5.74) is 6.35. The smallest absolute Gasteiger partial charge is 0.260 e. The monoisotopic (exact) mass is 434 g/mol. The van der Waals surface area contributed by atoms with Crippen molar-refractivity contribution in [1.82, 2.24) is 9.97 Å². The van der Waals surface area contributed by atoms with E-state index in [0.29, 0.717) is 5.52 Å². The molecule has 156 valence electrons. The topological polar surface area (TPSA) is 106 Å². The van der Waals surface area contributed by atoms with Crippen LogP contribution in [-0.4, -0.2) is 30.5 Å². The maximum Gasteiger partial charge on any atom is 0.260 e. The van der Waals surface area contributed by atoms with Crippen molar-refractivity contribution in [2.75, 3.05) is 16.9 Å². The minimum atomic E-state index is -3.78. The third-order valence-electron chi connectivity index (χ3n) is 4.57. The van der Waals surface area contributed by atoms with E-state index < -0.39 is 22.2 Å². The van der Waals surface area contributed by atoms with Crippen LogP contribution in [-0.2, 0) is 16.3 Å². The molecule has 0 unspecified atom stereocenters. The summed E-state index contributed by atoms with van der Waals surface area (Å²) in [6, 6.07) is 16.9. The fourth-order valence-electron chi connectivity index (χ4n) is 3.13. The van der Waals surface area contributed by atoms with Gasteiger partial charge < -0.3 is 10.6 Å². The molecule has 31 heavy (non-hydrogen) atoms. The Morgan fingerprint density at radius 1 is 1.10 bits per heavy atom. The molecule has 2 N–H and O–H groups in total. The molecule has 0 radical (unpaired) electrons. The number of nitrogen functional groups attached to an aromatic ring is 1. The number of hydrogen-bond acceptors (Lipinski definition) is 6. The Balaban J connectivity index is 1.96. The quantitative estimate of drug-likeness (QED) is 0.516. The van der Waals surface area contributed by atoms with Crippen LogP contribution < -0.4 is 10.6 Å². The summed E-state index contributed by atoms with van der Waals surface area (Å²) in [5, 5.41) is 0.741. The van der Waals surface area contributed by atoms with Crippen LogP contribution in [0.2, 0.25) is 0 Å². The second-order valence-corrected chi connectivity index (χ2v) is 8.86. The molecule has 0 aliphatic carbocycles. The Labute approximate surface area is 182 Å². The van der Waals surface area contributed by atoms with Crippen LogP contribution in [0, 0.1) is 0 Å². The van der Waals surface area contributed by atoms with Crippen molar-refractivity contribution in [3.05, 3.63) is 90.3 Å². The molecule has 0 saturated heterocycles. The van der Waals surface area contributed by atoms with E-state index >= 15 is 0 Å². The third kappa shape index (κ3) is 4.39. The van der Waals surface area contributed by atoms with E-state index in [1.165, 1.54) is 48.8 Å². The van der Waals surface area contributed by atoms with Gasteiger partial charge in [-0.15, -0.1) is 0 Å². The van der Waals surface area contributed by atoms with Gasteiger partial charge >= 0.3 is 0 Å². The van der Waals surface area contributed by atoms with Crippen LogP contribution in [0.25, 0.3) is 10.9 Å². The minimum Gasteiger partial charge on any atom is -0.384 e. The van der Waals surface area contributed by atoms with Crippen molar-refractivity contribution in [3.8, 4) is 0 Å². The molecule has 2 heterocycles. The minimum absolute atomic E-state index is 0.0838. The van der Waals surface area contributed by atoms with Crippen molar-refractivity contribution in [2.24, 2.45) is 0 Å². The Morgan fingerprint density at radius 2 is 1.87 bits per heavy atom. The second kappa shape index (κ2) is 8.16. The molecular weight excluding hydrogens is 412 g/mol. The van der Waals surface area contributed by atoms with Crippen LogP contribution in [0.4, 0.5) is 11.5 Å². The number of amides is 1. The number of anilines is 2. The van der Waals surface area contributed by atoms with Crippen molar-refractivity contribution >= 4 is 38.2 Å². The van der Waals surface area contributed by atoms with Crippen molar-refractivity contribution < 1.29 is 16.0 Å². The van der Waals surface area contributed by atoms with Gasteiger partial charge in [0.05, 0.1) is 30.9 Å². The van der Waals surface area contributed by atoms with Gasteiger partial charge in [-0.05, 0) is 48.0 Å². The lowest BCUT2D eigenvalue weighted by Gasteiger charge is -2.25. The SMILES string of the molecule is [2H]C([2H])(c1ccc2ccc(N)nc2c1)N(C(=O)c1cccnc1)c1ccccc1S(C)(=O)=O. The molecule has 0 saturated carbocycles. The highest BCUT2D eigenvalue weighted by atomic mass is 32.2. The molecule has 2 aromatic carbocycles. The summed E-state index contributed by atoms with van der Waals surface area (Å²) >= 11 is 0. The number of rotatable bonds is 5. The van der Waals surface area contributed by atoms with Crippen LogP contribution in [0.1, 0.15) is 18.7 Å². The lowest BCUT2D eigenvalue weighted by Crippen LogP contribution is -2.31. The Bertz CT molecular complexity index is 1460. The molecule has 8 heteroatoms. The molecule has 4 rings (SSSR count). The number of sulfone groups is 1. The van der Waals surface area contributed by atoms with Gasteiger partial charge in [-0.25, -0.2) is 13.4 Å². The van der Waals surface area contributed by atoms with E-state index in [9.17, 15) is 13.2 Å². The second-order valence-electron chi connectivity index (χ2n) is 6.88. The first-order valence-corrected chi connectivity index (χ1v) is 11.2. The number of carbonyl (C=O) groups excluding carboxylic acids is 1. The lowest BCUT2D eigenvalue weighted by molar-refractivity contribution is 0.0984. The molecule has 0 spiro atoms. The fourth-order valence-corrected chi connectivity index (χ4v) is 3.99. The van der Waals surface area contributed by atoms with Crippen LogP contribution in [0.15, 0.2) is 84.0 Å². The molecular formula is C23H20N4O3S. The van der Waals surface area contributed by atoms with Gasteiger partial charge in [-0.1, -0.05) is 24.3 Å². The summed E-state index contributed by atoms with van der Waals surface area (Å²) in [5.74, 6) is -0.476. The van der Waals surface area contributed by atoms with Crippen LogP contribution >= 0.6 is 0 Å². The Kier molecular flexibility index (Phi) is 4.74. The maximum absolute atomic E-state index is 13.6. The van der Waals surface area contributed by atoms with Gasteiger partial charge in [0.2, 0.25) is 0 Å². The molecule has 2 aromatic heterocycles. The highest BCUT2D eigenvalue weighted by Crippen LogP contribution is 2.28. The number of pyridine rings is 2. The molecule has 1 amide bonds. The van der Waals surface area contributed by atoms with E-state index in [4.69, 9.17) is 8.48 Å². The number of benzene rings is 2. The van der Waals surface area contributed by atoms with Crippen molar-refractivity contribution in [3.63, 3.8) is 0 Å². The number of hydrogen-bond donors (Lipinski definition) is 1. The number of nitrogens with zero attached hydrogens (tertiary/aromatic N) is 3. The van der Waals surface area contributed by atoms with Gasteiger partial charge in [0.25, 0.3) is 5.91 Å². The van der Waals surface area contributed by atoms with Gasteiger partial charge in [0, 0.05) is 24.0 Å². The molecule has 0 aliphatic rings. The average Bonchev–Trinajstić information content (AvgIpc) is 2.78. The predicted octanol–water partition coefficient (Wildman–Crippen LogP) is 3.46. The highest BCUT2D eigenvalue weighted by molar-refractivity contribution is 7.90. The van der Waals surface area contributed by atoms with E-state index in [-0.39, 0.29) is 27.5 Å². The average molecular weight is 435 g/mol. The van der Waals surface area contributed by atoms with Crippen molar-refractivity contribution in [1.29, 1.82) is 0 Å². The zero-order chi connectivity index (χ0) is 23.8. The standard InChI is InChI=1S/C23H20N4O3S/c1-31(29,30)21-7-3-2-6-20(21)27(23(28)18-5-4-12-25-14-18)15-16-8-9-17-10-11-22(24)26-19(17)13-16/h2-14H,15H2,1H3,(H2,24,26)/i15D2. The Hall–Kier alpha value is -3.78. The Morgan fingerprint density at radius 3 is 2.61 bits per heavy atom. The van der Waals surface area contributed by atoms with Gasteiger partial charge in [-0.3, -0.25) is 9.78 Å². The van der Waals surface area contributed by atoms with E-state index in [1.54, 1.807) is 30.3 Å². The van der Waals surface area contributed by atoms with Gasteiger partial charge in [0.15, 0.2) is 9.84 Å². The first-order valence-electron chi connectivity index (χ1n) is 10.3. The van der Waals surface area contributed by atoms with Crippen molar-refractivity contribution in [2.45, 2.75) is 11.4 Å². The number of aromatic nitrogens is 2. The molecule has 7 nitrogen and oxygen atoms in total. The van der Waals surface area contributed by atoms with E-state index in [1.807, 2.05) is 0 Å². The zero-order valence-corrected chi connectivity index (χ0v) is 17.4. The zero-order valence-electron chi connectivity index (χ0n) is 18.6. The van der Waals surface area contributed by atoms with E-state index in [0.717, 1.165) is 16.5 Å². The summed E-state index contributed by atoms with van der Waals surface area (Å²) in [7, 11) is -3.78. The molecule has 4 aromatic rings. The van der Waals surface area contributed by atoms with E-state index in [2.05, 4.69) is 9.97 Å².